The summed E-state index contributed by atoms with van der Waals surface area (Å²) in [6.07, 6.45) is -1.81. The van der Waals surface area contributed by atoms with Crippen LogP contribution in [0.4, 0.5) is 13.2 Å². The predicted octanol–water partition coefficient (Wildman–Crippen LogP) is 3.27. The number of alkyl halides is 3. The van der Waals surface area contributed by atoms with E-state index in [2.05, 4.69) is 10.6 Å². The molecule has 4 nitrogen and oxygen atoms in total. The maximum absolute atomic E-state index is 12.6. The third kappa shape index (κ3) is 3.04. The number of nitrogens with one attached hydrogen (secondary N) is 2. The smallest absolute Gasteiger partial charge is 0.348 e. The second-order valence-electron chi connectivity index (χ2n) is 6.55. The molecule has 2 aliphatic rings. The summed E-state index contributed by atoms with van der Waals surface area (Å²) in [6.45, 7) is 0. The molecule has 1 aromatic heterocycles. The number of amides is 1. The second-order valence-corrected chi connectivity index (χ2v) is 7.64. The van der Waals surface area contributed by atoms with Crippen LogP contribution in [0.5, 0.6) is 0 Å². The molecule has 25 heavy (non-hydrogen) atoms. The summed E-state index contributed by atoms with van der Waals surface area (Å²) < 4.78 is 38.2. The minimum atomic E-state index is -4.89. The average Bonchev–Trinajstić information content (AvgIpc) is 3.26. The van der Waals surface area contributed by atoms with Gasteiger partial charge in [0.2, 0.25) is 0 Å². The summed E-state index contributed by atoms with van der Waals surface area (Å²) in [5.41, 5.74) is 0.388. The maximum atomic E-state index is 12.6. The van der Waals surface area contributed by atoms with Gasteiger partial charge < -0.3 is 10.6 Å². The minimum absolute atomic E-state index is 0.0896. The van der Waals surface area contributed by atoms with Gasteiger partial charge in [0, 0.05) is 28.4 Å². The molecule has 2 bridgehead atoms. The van der Waals surface area contributed by atoms with Crippen LogP contribution < -0.4 is 10.6 Å². The van der Waals surface area contributed by atoms with Gasteiger partial charge in [0.25, 0.3) is 11.7 Å². The van der Waals surface area contributed by atoms with E-state index in [0.717, 1.165) is 30.6 Å². The quantitative estimate of drug-likeness (QED) is 0.818. The zero-order chi connectivity index (χ0) is 17.8. The highest BCUT2D eigenvalue weighted by atomic mass is 32.1. The molecule has 0 spiro atoms. The lowest BCUT2D eigenvalue weighted by Gasteiger charge is -2.21. The SMILES string of the molecule is O=C(N[C@@H]1C[C@H]2CC[C@@H]1N2)c1ccc2sc(C(=O)C(F)(F)F)cc2c1. The van der Waals surface area contributed by atoms with Gasteiger partial charge in [0.15, 0.2) is 0 Å². The largest absolute Gasteiger partial charge is 0.455 e. The molecule has 2 aromatic rings. The Morgan fingerprint density at radius 3 is 2.64 bits per heavy atom. The standard InChI is InChI=1S/C17H15F3N2O2S/c18-17(19,20)15(23)14-6-9-5-8(1-4-13(9)25-14)16(24)22-12-7-10-2-3-11(12)21-10/h1,4-6,10-12,21H,2-3,7H2,(H,22,24)/t10-,11+,12-/m1/s1. The van der Waals surface area contributed by atoms with Crippen LogP contribution in [-0.4, -0.2) is 36.0 Å². The van der Waals surface area contributed by atoms with Crippen molar-refractivity contribution in [3.05, 3.63) is 34.7 Å². The predicted molar refractivity (Wildman–Crippen MR) is 88.0 cm³/mol. The topological polar surface area (TPSA) is 58.2 Å². The van der Waals surface area contributed by atoms with E-state index in [9.17, 15) is 22.8 Å². The Balaban J connectivity index is 1.54. The number of halogens is 3. The van der Waals surface area contributed by atoms with Crippen molar-refractivity contribution in [3.8, 4) is 0 Å². The van der Waals surface area contributed by atoms with Crippen molar-refractivity contribution in [2.45, 2.75) is 43.6 Å². The molecule has 0 aliphatic carbocycles. The Morgan fingerprint density at radius 1 is 1.20 bits per heavy atom. The highest BCUT2D eigenvalue weighted by molar-refractivity contribution is 7.20. The van der Waals surface area contributed by atoms with Crippen LogP contribution in [0.15, 0.2) is 24.3 Å². The molecule has 0 saturated carbocycles. The van der Waals surface area contributed by atoms with E-state index in [0.29, 0.717) is 27.7 Å². The molecule has 4 rings (SSSR count). The number of carbonyl (C=O) groups excluding carboxylic acids is 2. The Hall–Kier alpha value is -1.93. The van der Waals surface area contributed by atoms with Gasteiger partial charge in [0.05, 0.1) is 4.88 Å². The van der Waals surface area contributed by atoms with Gasteiger partial charge in [0.1, 0.15) is 0 Å². The zero-order valence-corrected chi connectivity index (χ0v) is 13.8. The summed E-state index contributed by atoms with van der Waals surface area (Å²) in [5.74, 6) is -2.09. The van der Waals surface area contributed by atoms with Gasteiger partial charge in [-0.3, -0.25) is 9.59 Å². The average molecular weight is 368 g/mol. The lowest BCUT2D eigenvalue weighted by Crippen LogP contribution is -2.42. The summed E-state index contributed by atoms with van der Waals surface area (Å²) in [7, 11) is 0. The van der Waals surface area contributed by atoms with E-state index in [1.165, 1.54) is 12.1 Å². The van der Waals surface area contributed by atoms with E-state index in [1.807, 2.05) is 0 Å². The van der Waals surface area contributed by atoms with Gasteiger partial charge in [-0.1, -0.05) is 0 Å². The first kappa shape index (κ1) is 16.5. The molecular weight excluding hydrogens is 353 g/mol. The van der Waals surface area contributed by atoms with Crippen LogP contribution in [0.25, 0.3) is 10.1 Å². The van der Waals surface area contributed by atoms with Crippen LogP contribution in [0, 0.1) is 0 Å². The molecule has 2 saturated heterocycles. The summed E-state index contributed by atoms with van der Waals surface area (Å²) in [4.78, 5) is 23.4. The first-order valence-electron chi connectivity index (χ1n) is 8.03. The lowest BCUT2D eigenvalue weighted by atomic mass is 9.95. The molecule has 2 N–H and O–H groups in total. The number of benzene rings is 1. The molecule has 0 unspecified atom stereocenters. The molecule has 2 fully saturated rings. The number of carbonyl (C=O) groups is 2. The molecular formula is C17H15F3N2O2S. The van der Waals surface area contributed by atoms with Crippen LogP contribution >= 0.6 is 11.3 Å². The highest BCUT2D eigenvalue weighted by Crippen LogP contribution is 2.32. The van der Waals surface area contributed by atoms with E-state index in [-0.39, 0.29) is 16.8 Å². The fourth-order valence-corrected chi connectivity index (χ4v) is 4.67. The van der Waals surface area contributed by atoms with Crippen molar-refractivity contribution >= 4 is 33.1 Å². The number of rotatable bonds is 3. The van der Waals surface area contributed by atoms with Gasteiger partial charge in [-0.05, 0) is 48.9 Å². The second kappa shape index (κ2) is 5.81. The van der Waals surface area contributed by atoms with Gasteiger partial charge in [-0.2, -0.15) is 13.2 Å². The Labute approximate surface area is 145 Å². The minimum Gasteiger partial charge on any atom is -0.348 e. The lowest BCUT2D eigenvalue weighted by molar-refractivity contribution is -0.0882. The Morgan fingerprint density at radius 2 is 2.00 bits per heavy atom. The normalized spacial score (nSPS) is 25.5. The molecule has 0 radical (unpaired) electrons. The van der Waals surface area contributed by atoms with Crippen LogP contribution in [0.2, 0.25) is 0 Å². The molecule has 8 heteroatoms. The maximum Gasteiger partial charge on any atom is 0.455 e. The fraction of sp³-hybridized carbons (Fsp3) is 0.412. The third-order valence-electron chi connectivity index (χ3n) is 4.88. The van der Waals surface area contributed by atoms with Crippen molar-refractivity contribution in [1.82, 2.24) is 10.6 Å². The van der Waals surface area contributed by atoms with E-state index in [4.69, 9.17) is 0 Å². The molecule has 132 valence electrons. The summed E-state index contributed by atoms with van der Waals surface area (Å²) >= 11 is 0.784. The van der Waals surface area contributed by atoms with Crippen molar-refractivity contribution < 1.29 is 22.8 Å². The monoisotopic (exact) mass is 368 g/mol. The number of hydrogen-bond donors (Lipinski definition) is 2. The fourth-order valence-electron chi connectivity index (χ4n) is 3.67. The zero-order valence-electron chi connectivity index (χ0n) is 13.0. The molecule has 1 amide bonds. The van der Waals surface area contributed by atoms with Gasteiger partial charge in [-0.15, -0.1) is 11.3 Å². The van der Waals surface area contributed by atoms with Crippen LogP contribution in [0.3, 0.4) is 0 Å². The first-order valence-corrected chi connectivity index (χ1v) is 8.85. The van der Waals surface area contributed by atoms with Gasteiger partial charge >= 0.3 is 6.18 Å². The Kier molecular flexibility index (Phi) is 3.84. The van der Waals surface area contributed by atoms with E-state index in [1.54, 1.807) is 12.1 Å². The first-order chi connectivity index (χ1) is 11.8. The third-order valence-corrected chi connectivity index (χ3v) is 5.99. The Bertz CT molecular complexity index is 861. The van der Waals surface area contributed by atoms with Crippen molar-refractivity contribution in [3.63, 3.8) is 0 Å². The summed E-state index contributed by atoms with van der Waals surface area (Å²) in [6, 6.07) is 6.76. The van der Waals surface area contributed by atoms with Crippen molar-refractivity contribution in [2.75, 3.05) is 0 Å². The van der Waals surface area contributed by atoms with E-state index < -0.39 is 12.0 Å². The molecule has 1 aromatic carbocycles. The van der Waals surface area contributed by atoms with Crippen molar-refractivity contribution in [2.24, 2.45) is 0 Å². The number of thiophene rings is 1. The van der Waals surface area contributed by atoms with Crippen LogP contribution in [0.1, 0.15) is 39.3 Å². The number of fused-ring (bicyclic) bond motifs is 3. The number of hydrogen-bond acceptors (Lipinski definition) is 4. The highest BCUT2D eigenvalue weighted by Gasteiger charge is 2.41. The van der Waals surface area contributed by atoms with Crippen molar-refractivity contribution in [1.29, 1.82) is 0 Å². The number of ketones is 1. The summed E-state index contributed by atoms with van der Waals surface area (Å²) in [5, 5.41) is 6.91. The molecule has 2 aliphatic heterocycles. The number of Topliss-reactive ketones (excluding diaryl/α,β-unsaturated/α-hetero) is 1. The molecule has 3 heterocycles. The van der Waals surface area contributed by atoms with E-state index >= 15 is 0 Å². The van der Waals surface area contributed by atoms with Gasteiger partial charge in [-0.25, -0.2) is 0 Å². The van der Waals surface area contributed by atoms with Crippen LogP contribution in [-0.2, 0) is 0 Å². The molecule has 3 atom stereocenters.